The number of aromatic nitrogens is 3. The Labute approximate surface area is 197 Å². The summed E-state index contributed by atoms with van der Waals surface area (Å²) in [6, 6.07) is 10.9. The van der Waals surface area contributed by atoms with Crippen molar-refractivity contribution in [3.05, 3.63) is 70.7 Å². The average molecular weight is 462 g/mol. The number of benzene rings is 1. The van der Waals surface area contributed by atoms with Crippen LogP contribution in [0.4, 0.5) is 22.9 Å². The summed E-state index contributed by atoms with van der Waals surface area (Å²) in [5, 5.41) is 18.1. The van der Waals surface area contributed by atoms with E-state index in [0.29, 0.717) is 36.0 Å². The monoisotopic (exact) mass is 461 g/mol. The summed E-state index contributed by atoms with van der Waals surface area (Å²) in [6.07, 6.45) is 5.48. The first-order chi connectivity index (χ1) is 16.4. The SMILES string of the molecule is CNCCN(C)c1cc(OC)c(Nc2cc(-c3cnc4c(C)cccn34)ccn2)cc1[N+](=O)[O-]. The van der Waals surface area contributed by atoms with Gasteiger partial charge in [-0.2, -0.15) is 0 Å². The molecule has 0 radical (unpaired) electrons. The van der Waals surface area contributed by atoms with Gasteiger partial charge in [0, 0.05) is 50.2 Å². The van der Waals surface area contributed by atoms with Gasteiger partial charge in [-0.3, -0.25) is 14.5 Å². The van der Waals surface area contributed by atoms with Crippen LogP contribution in [0, 0.1) is 17.0 Å². The number of pyridine rings is 2. The highest BCUT2D eigenvalue weighted by atomic mass is 16.6. The first-order valence-electron chi connectivity index (χ1n) is 10.8. The first kappa shape index (κ1) is 23.0. The van der Waals surface area contributed by atoms with Crippen LogP contribution >= 0.6 is 0 Å². The second-order valence-corrected chi connectivity index (χ2v) is 7.91. The lowest BCUT2D eigenvalue weighted by Gasteiger charge is -2.21. The number of hydrogen-bond acceptors (Lipinski definition) is 8. The van der Waals surface area contributed by atoms with Crippen molar-refractivity contribution in [2.75, 3.05) is 44.5 Å². The Morgan fingerprint density at radius 1 is 1.24 bits per heavy atom. The second kappa shape index (κ2) is 9.75. The molecule has 10 nitrogen and oxygen atoms in total. The molecular formula is C24H27N7O3. The molecule has 3 aromatic heterocycles. The maximum atomic E-state index is 11.8. The molecule has 2 N–H and O–H groups in total. The van der Waals surface area contributed by atoms with Gasteiger partial charge in [0.25, 0.3) is 5.69 Å². The van der Waals surface area contributed by atoms with Crippen molar-refractivity contribution >= 4 is 28.5 Å². The van der Waals surface area contributed by atoms with Gasteiger partial charge in [-0.1, -0.05) is 6.07 Å². The zero-order valence-electron chi connectivity index (χ0n) is 19.6. The molecule has 0 saturated carbocycles. The molecular weight excluding hydrogens is 434 g/mol. The Balaban J connectivity index is 1.70. The predicted molar refractivity (Wildman–Crippen MR) is 133 cm³/mol. The van der Waals surface area contributed by atoms with E-state index in [1.165, 1.54) is 13.2 Å². The van der Waals surface area contributed by atoms with E-state index in [-0.39, 0.29) is 10.6 Å². The number of hydrogen-bond donors (Lipinski definition) is 2. The Hall–Kier alpha value is -4.18. The highest BCUT2D eigenvalue weighted by molar-refractivity contribution is 5.78. The van der Waals surface area contributed by atoms with E-state index in [9.17, 15) is 10.1 Å². The van der Waals surface area contributed by atoms with Gasteiger partial charge in [0.2, 0.25) is 0 Å². The van der Waals surface area contributed by atoms with Crippen LogP contribution in [0.3, 0.4) is 0 Å². The van der Waals surface area contributed by atoms with Gasteiger partial charge in [-0.05, 0) is 37.7 Å². The molecule has 4 aromatic rings. The number of fused-ring (bicyclic) bond motifs is 1. The molecule has 0 amide bonds. The summed E-state index contributed by atoms with van der Waals surface area (Å²) < 4.78 is 7.58. The van der Waals surface area contributed by atoms with E-state index in [0.717, 1.165) is 22.5 Å². The normalized spacial score (nSPS) is 10.9. The van der Waals surface area contributed by atoms with Gasteiger partial charge in [0.05, 0.1) is 29.6 Å². The predicted octanol–water partition coefficient (Wildman–Crippen LogP) is 4.02. The average Bonchev–Trinajstić information content (AvgIpc) is 3.28. The van der Waals surface area contributed by atoms with Crippen LogP contribution in [0.25, 0.3) is 16.9 Å². The number of methoxy groups -OCH3 is 1. The van der Waals surface area contributed by atoms with E-state index in [4.69, 9.17) is 4.74 Å². The third-order valence-corrected chi connectivity index (χ3v) is 5.65. The summed E-state index contributed by atoms with van der Waals surface area (Å²) in [5.41, 5.74) is 4.72. The van der Waals surface area contributed by atoms with Crippen molar-refractivity contribution in [3.63, 3.8) is 0 Å². The molecule has 0 aliphatic carbocycles. The van der Waals surface area contributed by atoms with Gasteiger partial charge in [-0.15, -0.1) is 0 Å². The van der Waals surface area contributed by atoms with Crippen molar-refractivity contribution in [2.45, 2.75) is 6.92 Å². The highest BCUT2D eigenvalue weighted by Gasteiger charge is 2.22. The molecule has 0 atom stereocenters. The molecule has 0 fully saturated rings. The van der Waals surface area contributed by atoms with Crippen LogP contribution < -0.4 is 20.3 Å². The van der Waals surface area contributed by atoms with Crippen LogP contribution in [0.2, 0.25) is 0 Å². The molecule has 0 unspecified atom stereocenters. The van der Waals surface area contributed by atoms with Crippen molar-refractivity contribution in [2.24, 2.45) is 0 Å². The summed E-state index contributed by atoms with van der Waals surface area (Å²) in [6.45, 7) is 3.32. The third kappa shape index (κ3) is 4.48. The van der Waals surface area contributed by atoms with E-state index in [1.807, 2.05) is 67.0 Å². The van der Waals surface area contributed by atoms with E-state index in [2.05, 4.69) is 20.6 Å². The minimum Gasteiger partial charge on any atom is -0.494 e. The number of nitrogens with zero attached hydrogens (tertiary/aromatic N) is 5. The smallest absolute Gasteiger partial charge is 0.294 e. The molecule has 34 heavy (non-hydrogen) atoms. The number of rotatable bonds is 9. The number of ether oxygens (including phenoxy) is 1. The van der Waals surface area contributed by atoms with E-state index < -0.39 is 0 Å². The summed E-state index contributed by atoms with van der Waals surface area (Å²) in [5.74, 6) is 1.01. The van der Waals surface area contributed by atoms with Crippen molar-refractivity contribution in [3.8, 4) is 17.0 Å². The van der Waals surface area contributed by atoms with Gasteiger partial charge >= 0.3 is 0 Å². The highest BCUT2D eigenvalue weighted by Crippen LogP contribution is 2.39. The molecule has 0 aliphatic rings. The fourth-order valence-corrected chi connectivity index (χ4v) is 3.84. The number of likely N-dealkylation sites (N-methyl/N-ethyl adjacent to an activating group) is 2. The van der Waals surface area contributed by atoms with Crippen LogP contribution in [-0.2, 0) is 0 Å². The van der Waals surface area contributed by atoms with Crippen molar-refractivity contribution < 1.29 is 9.66 Å². The van der Waals surface area contributed by atoms with Crippen molar-refractivity contribution in [1.82, 2.24) is 19.7 Å². The quantitative estimate of drug-likeness (QED) is 0.284. The van der Waals surface area contributed by atoms with Crippen LogP contribution in [0.1, 0.15) is 5.56 Å². The molecule has 176 valence electrons. The largest absolute Gasteiger partial charge is 0.494 e. The third-order valence-electron chi connectivity index (χ3n) is 5.65. The maximum Gasteiger partial charge on any atom is 0.294 e. The molecule has 10 heteroatoms. The number of nitro groups is 1. The van der Waals surface area contributed by atoms with Gasteiger partial charge in [0.15, 0.2) is 0 Å². The number of anilines is 3. The molecule has 4 rings (SSSR count). The lowest BCUT2D eigenvalue weighted by molar-refractivity contribution is -0.384. The Morgan fingerprint density at radius 2 is 2.06 bits per heavy atom. The van der Waals surface area contributed by atoms with Crippen LogP contribution in [0.5, 0.6) is 5.75 Å². The Bertz CT molecular complexity index is 1340. The molecule has 0 saturated heterocycles. The topological polar surface area (TPSA) is 110 Å². The van der Waals surface area contributed by atoms with Crippen molar-refractivity contribution in [1.29, 1.82) is 0 Å². The van der Waals surface area contributed by atoms with Gasteiger partial charge < -0.3 is 20.3 Å². The molecule has 3 heterocycles. The number of imidazole rings is 1. The molecule has 0 aliphatic heterocycles. The standard InChI is InChI=1S/C24H27N7O3/c1-16-6-5-10-30-21(15-27-24(16)30)17-7-8-26-23(12-17)28-18-13-20(31(32)33)19(14-22(18)34-4)29(3)11-9-25-2/h5-8,10,12-15,25H,9,11H2,1-4H3,(H,26,28). The summed E-state index contributed by atoms with van der Waals surface area (Å²) in [7, 11) is 5.19. The Kier molecular flexibility index (Phi) is 6.60. The zero-order chi connectivity index (χ0) is 24.2. The van der Waals surface area contributed by atoms with E-state index in [1.54, 1.807) is 12.3 Å². The second-order valence-electron chi connectivity index (χ2n) is 7.91. The zero-order valence-corrected chi connectivity index (χ0v) is 19.6. The Morgan fingerprint density at radius 3 is 2.79 bits per heavy atom. The lowest BCUT2D eigenvalue weighted by atomic mass is 10.1. The fourth-order valence-electron chi connectivity index (χ4n) is 3.84. The van der Waals surface area contributed by atoms with Crippen LogP contribution in [0.15, 0.2) is 55.0 Å². The molecule has 0 bridgehead atoms. The maximum absolute atomic E-state index is 11.8. The summed E-state index contributed by atoms with van der Waals surface area (Å²) >= 11 is 0. The molecule has 1 aromatic carbocycles. The number of aryl methyl sites for hydroxylation is 1. The molecule has 0 spiro atoms. The minimum atomic E-state index is -0.388. The van der Waals surface area contributed by atoms with Gasteiger partial charge in [0.1, 0.15) is 22.9 Å². The first-order valence-corrected chi connectivity index (χ1v) is 10.8. The number of nitrogens with one attached hydrogen (secondary N) is 2. The van der Waals surface area contributed by atoms with E-state index >= 15 is 0 Å². The fraction of sp³-hybridized carbons (Fsp3) is 0.250. The van der Waals surface area contributed by atoms with Crippen LogP contribution in [-0.4, -0.2) is 53.6 Å². The minimum absolute atomic E-state index is 0.0182. The number of nitro benzene ring substituents is 1. The van der Waals surface area contributed by atoms with Gasteiger partial charge in [-0.25, -0.2) is 9.97 Å². The summed E-state index contributed by atoms with van der Waals surface area (Å²) in [4.78, 5) is 22.2. The lowest BCUT2D eigenvalue weighted by Crippen LogP contribution is -2.27.